The minimum Gasteiger partial charge on any atom is -0.349 e. The molecule has 0 fully saturated rings. The number of aliphatic imine (C=N–C) groups is 1. The van der Waals surface area contributed by atoms with Gasteiger partial charge in [-0.25, -0.2) is 13.1 Å². The van der Waals surface area contributed by atoms with Gasteiger partial charge in [0.05, 0.1) is 5.75 Å². The maximum absolute atomic E-state index is 11.1. The molecular formula is C10H25IN4O2S. The first-order chi connectivity index (χ1) is 7.80. The molecule has 0 radical (unpaired) electrons. The maximum Gasteiger partial charge on any atom is 0.211 e. The number of nitrogens with zero attached hydrogens (tertiary/aromatic N) is 3. The molecule has 8 heteroatoms. The van der Waals surface area contributed by atoms with Gasteiger partial charge in [0.25, 0.3) is 0 Å². The highest BCUT2D eigenvalue weighted by Crippen LogP contribution is 1.91. The summed E-state index contributed by atoms with van der Waals surface area (Å²) in [5, 5.41) is 0. The van der Waals surface area contributed by atoms with Crippen LogP contribution in [0.2, 0.25) is 0 Å². The van der Waals surface area contributed by atoms with Crippen molar-refractivity contribution in [3.63, 3.8) is 0 Å². The first kappa shape index (κ1) is 20.2. The van der Waals surface area contributed by atoms with Crippen LogP contribution in [-0.4, -0.2) is 71.2 Å². The van der Waals surface area contributed by atoms with Crippen LogP contribution in [0.3, 0.4) is 0 Å². The zero-order chi connectivity index (χ0) is 13.5. The summed E-state index contributed by atoms with van der Waals surface area (Å²) in [6.45, 7) is 2.67. The third-order valence-corrected chi connectivity index (χ3v) is 3.49. The smallest absolute Gasteiger partial charge is 0.211 e. The van der Waals surface area contributed by atoms with E-state index in [0.717, 1.165) is 5.96 Å². The Kier molecular flexibility index (Phi) is 11.0. The second-order valence-electron chi connectivity index (χ2n) is 4.12. The topological polar surface area (TPSA) is 65.0 Å². The third-order valence-electron chi connectivity index (χ3n) is 2.09. The second kappa shape index (κ2) is 9.79. The van der Waals surface area contributed by atoms with Crippen molar-refractivity contribution in [3.05, 3.63) is 0 Å². The molecule has 0 heterocycles. The predicted octanol–water partition coefficient (Wildman–Crippen LogP) is 0.413. The fourth-order valence-corrected chi connectivity index (χ4v) is 1.93. The van der Waals surface area contributed by atoms with Crippen molar-refractivity contribution in [2.75, 3.05) is 47.0 Å². The Hall–Kier alpha value is -0.0900. The molecule has 0 amide bonds. The number of nitrogens with one attached hydrogen (secondary N) is 1. The molecule has 110 valence electrons. The van der Waals surface area contributed by atoms with Crippen molar-refractivity contribution in [1.82, 2.24) is 14.5 Å². The summed E-state index contributed by atoms with van der Waals surface area (Å²) in [6.07, 6.45) is 0.699. The first-order valence-corrected chi connectivity index (χ1v) is 7.31. The molecule has 0 unspecified atom stereocenters. The number of guanidine groups is 1. The summed E-state index contributed by atoms with van der Waals surface area (Å²) in [6, 6.07) is 0. The van der Waals surface area contributed by atoms with Crippen molar-refractivity contribution < 1.29 is 8.42 Å². The van der Waals surface area contributed by atoms with E-state index in [-0.39, 0.29) is 29.7 Å². The van der Waals surface area contributed by atoms with E-state index in [0.29, 0.717) is 19.5 Å². The van der Waals surface area contributed by atoms with Gasteiger partial charge in [0.15, 0.2) is 5.96 Å². The standard InChI is InChI=1S/C10H24N4O2S.HI/c1-6-17(15,16)12-9-7-8-11-10(13(2)3)14(4)5;/h12H,6-9H2,1-5H3;1H. The number of hydrogen-bond acceptors (Lipinski definition) is 3. The van der Waals surface area contributed by atoms with E-state index in [1.165, 1.54) is 0 Å². The molecule has 0 aliphatic carbocycles. The Balaban J connectivity index is 0. The van der Waals surface area contributed by atoms with Gasteiger partial charge in [0, 0.05) is 41.3 Å². The van der Waals surface area contributed by atoms with Gasteiger partial charge in [0.2, 0.25) is 10.0 Å². The molecule has 0 aliphatic heterocycles. The van der Waals surface area contributed by atoms with Crippen molar-refractivity contribution in [2.45, 2.75) is 13.3 Å². The molecule has 6 nitrogen and oxygen atoms in total. The van der Waals surface area contributed by atoms with E-state index in [4.69, 9.17) is 0 Å². The monoisotopic (exact) mass is 392 g/mol. The zero-order valence-electron chi connectivity index (χ0n) is 11.8. The normalized spacial score (nSPS) is 10.5. The molecule has 0 aliphatic rings. The minimum atomic E-state index is -3.07. The largest absolute Gasteiger partial charge is 0.349 e. The fraction of sp³-hybridized carbons (Fsp3) is 0.900. The minimum absolute atomic E-state index is 0. The summed E-state index contributed by atoms with van der Waals surface area (Å²) in [7, 11) is 4.64. The summed E-state index contributed by atoms with van der Waals surface area (Å²) < 4.78 is 24.8. The number of sulfonamides is 1. The summed E-state index contributed by atoms with van der Waals surface area (Å²) in [5.41, 5.74) is 0. The highest BCUT2D eigenvalue weighted by Gasteiger charge is 2.05. The van der Waals surface area contributed by atoms with E-state index in [1.54, 1.807) is 6.92 Å². The van der Waals surface area contributed by atoms with Gasteiger partial charge >= 0.3 is 0 Å². The molecule has 18 heavy (non-hydrogen) atoms. The number of halogens is 1. The highest BCUT2D eigenvalue weighted by molar-refractivity contribution is 14.0. The SMILES string of the molecule is CCS(=O)(=O)NCCCN=C(N(C)C)N(C)C.I. The highest BCUT2D eigenvalue weighted by atomic mass is 127. The summed E-state index contributed by atoms with van der Waals surface area (Å²) >= 11 is 0. The van der Waals surface area contributed by atoms with Crippen LogP contribution in [0.5, 0.6) is 0 Å². The lowest BCUT2D eigenvalue weighted by Crippen LogP contribution is -2.35. The summed E-state index contributed by atoms with van der Waals surface area (Å²) in [4.78, 5) is 8.26. The molecular weight excluding hydrogens is 367 g/mol. The lowest BCUT2D eigenvalue weighted by Gasteiger charge is -2.22. The van der Waals surface area contributed by atoms with Gasteiger partial charge in [-0.2, -0.15) is 0 Å². The molecule has 1 N–H and O–H groups in total. The van der Waals surface area contributed by atoms with Crippen LogP contribution in [0.4, 0.5) is 0 Å². The molecule has 0 aromatic heterocycles. The fourth-order valence-electron chi connectivity index (χ4n) is 1.27. The molecule has 0 saturated heterocycles. The molecule has 0 aromatic rings. The van der Waals surface area contributed by atoms with Crippen molar-refractivity contribution in [1.29, 1.82) is 0 Å². The quantitative estimate of drug-likeness (QED) is 0.308. The average molecular weight is 392 g/mol. The average Bonchev–Trinajstić information content (AvgIpc) is 2.22. The van der Waals surface area contributed by atoms with Gasteiger partial charge in [-0.1, -0.05) is 0 Å². The lowest BCUT2D eigenvalue weighted by molar-refractivity contribution is 0.479. The molecule has 0 saturated carbocycles. The Morgan fingerprint density at radius 3 is 2.06 bits per heavy atom. The Morgan fingerprint density at radius 2 is 1.67 bits per heavy atom. The molecule has 0 atom stereocenters. The Bertz CT molecular complexity index is 332. The Morgan fingerprint density at radius 1 is 1.17 bits per heavy atom. The molecule has 0 aromatic carbocycles. The Labute approximate surface area is 128 Å². The van der Waals surface area contributed by atoms with Crippen LogP contribution in [0.15, 0.2) is 4.99 Å². The van der Waals surface area contributed by atoms with Gasteiger partial charge in [0.1, 0.15) is 0 Å². The van der Waals surface area contributed by atoms with Crippen molar-refractivity contribution in [2.24, 2.45) is 4.99 Å². The van der Waals surface area contributed by atoms with Crippen LogP contribution in [0.25, 0.3) is 0 Å². The predicted molar refractivity (Wildman–Crippen MR) is 87.2 cm³/mol. The zero-order valence-corrected chi connectivity index (χ0v) is 14.9. The lowest BCUT2D eigenvalue weighted by atomic mass is 10.4. The van der Waals surface area contributed by atoms with Crippen LogP contribution < -0.4 is 4.72 Å². The van der Waals surface area contributed by atoms with E-state index >= 15 is 0 Å². The summed E-state index contributed by atoms with van der Waals surface area (Å²) in [5.74, 6) is 1.00. The maximum atomic E-state index is 11.1. The third kappa shape index (κ3) is 8.92. The van der Waals surface area contributed by atoms with E-state index in [1.807, 2.05) is 38.0 Å². The molecule has 0 bridgehead atoms. The number of hydrogen-bond donors (Lipinski definition) is 1. The first-order valence-electron chi connectivity index (χ1n) is 5.66. The van der Waals surface area contributed by atoms with Gasteiger partial charge < -0.3 is 9.80 Å². The second-order valence-corrected chi connectivity index (χ2v) is 6.22. The number of rotatable bonds is 6. The van der Waals surface area contributed by atoms with Crippen LogP contribution in [0, 0.1) is 0 Å². The van der Waals surface area contributed by atoms with Crippen molar-refractivity contribution in [3.8, 4) is 0 Å². The van der Waals surface area contributed by atoms with Gasteiger partial charge in [-0.15, -0.1) is 24.0 Å². The van der Waals surface area contributed by atoms with E-state index in [9.17, 15) is 8.42 Å². The van der Waals surface area contributed by atoms with Crippen LogP contribution in [0.1, 0.15) is 13.3 Å². The van der Waals surface area contributed by atoms with Gasteiger partial charge in [-0.05, 0) is 13.3 Å². The van der Waals surface area contributed by atoms with Crippen molar-refractivity contribution >= 4 is 40.0 Å². The van der Waals surface area contributed by atoms with E-state index < -0.39 is 10.0 Å². The van der Waals surface area contributed by atoms with E-state index in [2.05, 4.69) is 9.71 Å². The van der Waals surface area contributed by atoms with Crippen LogP contribution >= 0.6 is 24.0 Å². The van der Waals surface area contributed by atoms with Gasteiger partial charge in [-0.3, -0.25) is 4.99 Å². The molecule has 0 spiro atoms. The van der Waals surface area contributed by atoms with Crippen LogP contribution in [-0.2, 0) is 10.0 Å². The molecule has 0 rings (SSSR count).